The first-order chi connectivity index (χ1) is 8.99. The number of hydrogen-bond acceptors (Lipinski definition) is 3. The number of nitrogens with one attached hydrogen (secondary N) is 1. The van der Waals surface area contributed by atoms with E-state index in [4.69, 9.17) is 5.11 Å². The number of carbonyl (C=O) groups excluding carboxylic acids is 1. The summed E-state index contributed by atoms with van der Waals surface area (Å²) >= 11 is 0. The van der Waals surface area contributed by atoms with Crippen LogP contribution in [0.1, 0.15) is 29.3 Å². The highest BCUT2D eigenvalue weighted by Crippen LogP contribution is 2.10. The molecule has 6 heteroatoms. The van der Waals surface area contributed by atoms with Gasteiger partial charge in [-0.05, 0) is 31.2 Å². The number of amides is 1. The summed E-state index contributed by atoms with van der Waals surface area (Å²) in [7, 11) is 3.37. The standard InChI is InChI=1S/C14H20N2O3.ClH/c1-4-12(14(18)19)16(3)9-10-5-7-11(8-6-10)13(17)15-2;/h5-8,12H,4,9H2,1-3H3,(H,15,17)(H,18,19);1H. The minimum Gasteiger partial charge on any atom is -0.480 e. The molecule has 1 rings (SSSR count). The predicted molar refractivity (Wildman–Crippen MR) is 80.3 cm³/mol. The van der Waals surface area contributed by atoms with Crippen molar-refractivity contribution in [2.45, 2.75) is 25.9 Å². The average Bonchev–Trinajstić information content (AvgIpc) is 2.39. The van der Waals surface area contributed by atoms with Gasteiger partial charge < -0.3 is 10.4 Å². The highest BCUT2D eigenvalue weighted by atomic mass is 35.5. The van der Waals surface area contributed by atoms with Gasteiger partial charge in [-0.25, -0.2) is 0 Å². The molecule has 0 radical (unpaired) electrons. The predicted octanol–water partition coefficient (Wildman–Crippen LogP) is 1.76. The Morgan fingerprint density at radius 2 is 1.85 bits per heavy atom. The summed E-state index contributed by atoms with van der Waals surface area (Å²) in [6.07, 6.45) is 0.558. The van der Waals surface area contributed by atoms with E-state index >= 15 is 0 Å². The molecule has 0 heterocycles. The Kier molecular flexibility index (Phi) is 7.87. The number of rotatable bonds is 6. The third-order valence-corrected chi connectivity index (χ3v) is 3.08. The fraction of sp³-hybridized carbons (Fsp3) is 0.429. The molecule has 0 aromatic heterocycles. The van der Waals surface area contributed by atoms with Gasteiger partial charge in [0.15, 0.2) is 0 Å². The second-order valence-corrected chi connectivity index (χ2v) is 4.45. The van der Waals surface area contributed by atoms with E-state index in [-0.39, 0.29) is 18.3 Å². The van der Waals surface area contributed by atoms with E-state index in [0.29, 0.717) is 18.5 Å². The zero-order valence-corrected chi connectivity index (χ0v) is 12.7. The van der Waals surface area contributed by atoms with Gasteiger partial charge in [-0.2, -0.15) is 0 Å². The van der Waals surface area contributed by atoms with Gasteiger partial charge in [-0.1, -0.05) is 19.1 Å². The van der Waals surface area contributed by atoms with E-state index in [1.54, 1.807) is 31.1 Å². The molecule has 0 spiro atoms. The molecular weight excluding hydrogens is 280 g/mol. The van der Waals surface area contributed by atoms with E-state index in [2.05, 4.69) is 5.32 Å². The van der Waals surface area contributed by atoms with Crippen molar-refractivity contribution in [3.8, 4) is 0 Å². The number of carbonyl (C=O) groups is 2. The normalized spacial score (nSPS) is 11.6. The summed E-state index contributed by atoms with van der Waals surface area (Å²) in [5.41, 5.74) is 1.58. The first-order valence-electron chi connectivity index (χ1n) is 6.23. The molecule has 0 bridgehead atoms. The molecule has 0 aliphatic carbocycles. The van der Waals surface area contributed by atoms with Crippen molar-refractivity contribution in [1.29, 1.82) is 0 Å². The molecule has 112 valence electrons. The lowest BCUT2D eigenvalue weighted by molar-refractivity contribution is -0.143. The van der Waals surface area contributed by atoms with Crippen LogP contribution in [0.25, 0.3) is 0 Å². The van der Waals surface area contributed by atoms with Crippen molar-refractivity contribution in [2.75, 3.05) is 14.1 Å². The topological polar surface area (TPSA) is 69.6 Å². The van der Waals surface area contributed by atoms with E-state index in [1.165, 1.54) is 0 Å². The minimum atomic E-state index is -0.813. The van der Waals surface area contributed by atoms with Crippen molar-refractivity contribution >= 4 is 24.3 Å². The molecule has 1 atom stereocenters. The van der Waals surface area contributed by atoms with Crippen LogP contribution in [0.2, 0.25) is 0 Å². The zero-order chi connectivity index (χ0) is 14.4. The molecule has 5 nitrogen and oxygen atoms in total. The summed E-state index contributed by atoms with van der Waals surface area (Å²) in [5, 5.41) is 11.6. The summed E-state index contributed by atoms with van der Waals surface area (Å²) < 4.78 is 0. The van der Waals surface area contributed by atoms with Crippen LogP contribution in [0.15, 0.2) is 24.3 Å². The molecule has 1 amide bonds. The Morgan fingerprint density at radius 1 is 1.30 bits per heavy atom. The molecule has 2 N–H and O–H groups in total. The van der Waals surface area contributed by atoms with E-state index in [9.17, 15) is 9.59 Å². The second-order valence-electron chi connectivity index (χ2n) is 4.45. The number of likely N-dealkylation sites (N-methyl/N-ethyl adjacent to an activating group) is 1. The van der Waals surface area contributed by atoms with Crippen molar-refractivity contribution in [3.63, 3.8) is 0 Å². The molecular formula is C14H21ClN2O3. The lowest BCUT2D eigenvalue weighted by Gasteiger charge is -2.23. The van der Waals surface area contributed by atoms with Crippen LogP contribution in [-0.4, -0.2) is 42.0 Å². The Labute approximate surface area is 125 Å². The number of benzene rings is 1. The van der Waals surface area contributed by atoms with Crippen LogP contribution in [-0.2, 0) is 11.3 Å². The van der Waals surface area contributed by atoms with E-state index < -0.39 is 12.0 Å². The van der Waals surface area contributed by atoms with Gasteiger partial charge in [-0.15, -0.1) is 12.4 Å². The maximum atomic E-state index is 11.4. The number of carboxylic acid groups (broad SMARTS) is 1. The highest BCUT2D eigenvalue weighted by molar-refractivity contribution is 5.93. The first-order valence-corrected chi connectivity index (χ1v) is 6.23. The fourth-order valence-electron chi connectivity index (χ4n) is 1.98. The SMILES string of the molecule is CCC(C(=O)O)N(C)Cc1ccc(C(=O)NC)cc1.Cl. The van der Waals surface area contributed by atoms with Gasteiger partial charge in [0.1, 0.15) is 6.04 Å². The van der Waals surface area contributed by atoms with Crippen molar-refractivity contribution < 1.29 is 14.7 Å². The van der Waals surface area contributed by atoms with Gasteiger partial charge >= 0.3 is 5.97 Å². The smallest absolute Gasteiger partial charge is 0.320 e. The number of carboxylic acids is 1. The Morgan fingerprint density at radius 3 is 2.25 bits per heavy atom. The Bertz CT molecular complexity index is 448. The van der Waals surface area contributed by atoms with Crippen LogP contribution in [0.4, 0.5) is 0 Å². The van der Waals surface area contributed by atoms with Crippen LogP contribution in [0.3, 0.4) is 0 Å². The van der Waals surface area contributed by atoms with Gasteiger partial charge in [-0.3, -0.25) is 14.5 Å². The highest BCUT2D eigenvalue weighted by Gasteiger charge is 2.20. The van der Waals surface area contributed by atoms with Gasteiger partial charge in [0, 0.05) is 19.2 Å². The van der Waals surface area contributed by atoms with E-state index in [0.717, 1.165) is 5.56 Å². The van der Waals surface area contributed by atoms with Crippen LogP contribution in [0.5, 0.6) is 0 Å². The summed E-state index contributed by atoms with van der Waals surface area (Å²) in [6, 6.07) is 6.68. The average molecular weight is 301 g/mol. The second kappa shape index (κ2) is 8.55. The number of aliphatic carboxylic acids is 1. The largest absolute Gasteiger partial charge is 0.480 e. The maximum absolute atomic E-state index is 11.4. The van der Waals surface area contributed by atoms with Crippen LogP contribution in [0, 0.1) is 0 Å². The molecule has 1 aromatic rings. The Hall–Kier alpha value is -1.59. The van der Waals surface area contributed by atoms with Crippen LogP contribution >= 0.6 is 12.4 Å². The lowest BCUT2D eigenvalue weighted by Crippen LogP contribution is -2.37. The zero-order valence-electron chi connectivity index (χ0n) is 11.9. The minimum absolute atomic E-state index is 0. The van der Waals surface area contributed by atoms with Gasteiger partial charge in [0.25, 0.3) is 5.91 Å². The molecule has 20 heavy (non-hydrogen) atoms. The van der Waals surface area contributed by atoms with Crippen molar-refractivity contribution in [2.24, 2.45) is 0 Å². The molecule has 0 saturated carbocycles. The summed E-state index contributed by atoms with van der Waals surface area (Å²) in [4.78, 5) is 24.2. The number of nitrogens with zero attached hydrogens (tertiary/aromatic N) is 1. The number of hydrogen-bond donors (Lipinski definition) is 2. The first kappa shape index (κ1) is 18.4. The van der Waals surface area contributed by atoms with Crippen LogP contribution < -0.4 is 5.32 Å². The van der Waals surface area contributed by atoms with Crippen molar-refractivity contribution in [1.82, 2.24) is 10.2 Å². The molecule has 0 fully saturated rings. The number of halogens is 1. The Balaban J connectivity index is 0.00000361. The lowest BCUT2D eigenvalue weighted by atomic mass is 10.1. The third-order valence-electron chi connectivity index (χ3n) is 3.08. The third kappa shape index (κ3) is 4.83. The molecule has 1 unspecified atom stereocenters. The molecule has 0 aliphatic rings. The fourth-order valence-corrected chi connectivity index (χ4v) is 1.98. The summed E-state index contributed by atoms with van der Waals surface area (Å²) in [5.74, 6) is -0.941. The molecule has 0 aliphatic heterocycles. The van der Waals surface area contributed by atoms with Gasteiger partial charge in [0.05, 0.1) is 0 Å². The maximum Gasteiger partial charge on any atom is 0.320 e. The van der Waals surface area contributed by atoms with Crippen molar-refractivity contribution in [3.05, 3.63) is 35.4 Å². The quantitative estimate of drug-likeness (QED) is 0.840. The molecule has 1 aromatic carbocycles. The monoisotopic (exact) mass is 300 g/mol. The molecule has 0 saturated heterocycles. The van der Waals surface area contributed by atoms with Gasteiger partial charge in [0.2, 0.25) is 0 Å². The summed E-state index contributed by atoms with van der Waals surface area (Å²) in [6.45, 7) is 2.39. The van der Waals surface area contributed by atoms with E-state index in [1.807, 2.05) is 19.1 Å².